The van der Waals surface area contributed by atoms with Gasteiger partial charge in [0.1, 0.15) is 0 Å². The third-order valence-electron chi connectivity index (χ3n) is 2.45. The molecule has 0 unspecified atom stereocenters. The van der Waals surface area contributed by atoms with Crippen molar-refractivity contribution in [1.82, 2.24) is 14.9 Å². The van der Waals surface area contributed by atoms with Gasteiger partial charge in [0, 0.05) is 38.2 Å². The van der Waals surface area contributed by atoms with E-state index in [1.54, 1.807) is 6.20 Å². The average Bonchev–Trinajstić information content (AvgIpc) is 2.68. The fraction of sp³-hybridized carbons (Fsp3) is 0.250. The summed E-state index contributed by atoms with van der Waals surface area (Å²) in [5.74, 6) is 0. The molecule has 0 aliphatic rings. The van der Waals surface area contributed by atoms with Crippen molar-refractivity contribution >= 4 is 11.6 Å². The maximum absolute atomic E-state index is 5.76. The standard InChI is InChI=1S/C12H14ClN3/c1-16-6-2-3-12(16)9-14-8-11-5-4-10(13)7-15-11/h2-7,14H,8-9H2,1H3. The first-order valence-electron chi connectivity index (χ1n) is 5.17. The highest BCUT2D eigenvalue weighted by Gasteiger charge is 1.97. The molecule has 0 amide bonds. The minimum absolute atomic E-state index is 0.672. The molecule has 0 radical (unpaired) electrons. The molecule has 0 fully saturated rings. The lowest BCUT2D eigenvalue weighted by Gasteiger charge is -2.05. The Hall–Kier alpha value is -1.32. The van der Waals surface area contributed by atoms with Gasteiger partial charge in [-0.3, -0.25) is 4.98 Å². The van der Waals surface area contributed by atoms with E-state index in [0.29, 0.717) is 5.02 Å². The minimum atomic E-state index is 0.672. The van der Waals surface area contributed by atoms with Crippen molar-refractivity contribution < 1.29 is 0 Å². The summed E-state index contributed by atoms with van der Waals surface area (Å²) in [4.78, 5) is 4.22. The summed E-state index contributed by atoms with van der Waals surface area (Å²) >= 11 is 5.76. The molecule has 2 heterocycles. The van der Waals surface area contributed by atoms with Crippen LogP contribution in [0.5, 0.6) is 0 Å². The predicted molar refractivity (Wildman–Crippen MR) is 65.2 cm³/mol. The fourth-order valence-corrected chi connectivity index (χ4v) is 1.62. The molecule has 2 aromatic heterocycles. The van der Waals surface area contributed by atoms with Crippen molar-refractivity contribution in [3.05, 3.63) is 53.1 Å². The summed E-state index contributed by atoms with van der Waals surface area (Å²) in [6.45, 7) is 1.59. The Morgan fingerprint density at radius 1 is 1.31 bits per heavy atom. The van der Waals surface area contributed by atoms with Crippen LogP contribution in [0, 0.1) is 0 Å². The first-order chi connectivity index (χ1) is 7.75. The molecule has 4 heteroatoms. The molecule has 0 saturated heterocycles. The van der Waals surface area contributed by atoms with E-state index in [-0.39, 0.29) is 0 Å². The predicted octanol–water partition coefficient (Wildman–Crippen LogP) is 2.36. The Morgan fingerprint density at radius 3 is 2.81 bits per heavy atom. The number of hydrogen-bond donors (Lipinski definition) is 1. The van der Waals surface area contributed by atoms with Crippen molar-refractivity contribution in [2.24, 2.45) is 7.05 Å². The molecule has 0 atom stereocenters. The number of halogens is 1. The molecule has 16 heavy (non-hydrogen) atoms. The SMILES string of the molecule is Cn1cccc1CNCc1ccc(Cl)cn1. The van der Waals surface area contributed by atoms with E-state index in [1.807, 2.05) is 31.4 Å². The zero-order chi connectivity index (χ0) is 11.4. The molecule has 0 aliphatic carbocycles. The third-order valence-corrected chi connectivity index (χ3v) is 2.68. The maximum atomic E-state index is 5.76. The van der Waals surface area contributed by atoms with Gasteiger partial charge in [-0.15, -0.1) is 0 Å². The second-order valence-corrected chi connectivity index (χ2v) is 4.12. The van der Waals surface area contributed by atoms with Gasteiger partial charge in [-0.05, 0) is 24.3 Å². The number of hydrogen-bond acceptors (Lipinski definition) is 2. The second-order valence-electron chi connectivity index (χ2n) is 3.68. The summed E-state index contributed by atoms with van der Waals surface area (Å²) in [6, 6.07) is 7.92. The van der Waals surface area contributed by atoms with Crippen molar-refractivity contribution in [2.45, 2.75) is 13.1 Å². The largest absolute Gasteiger partial charge is 0.353 e. The number of pyridine rings is 1. The van der Waals surface area contributed by atoms with Gasteiger partial charge in [0.25, 0.3) is 0 Å². The normalized spacial score (nSPS) is 10.6. The summed E-state index contributed by atoms with van der Waals surface area (Å²) in [7, 11) is 2.04. The lowest BCUT2D eigenvalue weighted by molar-refractivity contribution is 0.646. The average molecular weight is 236 g/mol. The molecule has 1 N–H and O–H groups in total. The summed E-state index contributed by atoms with van der Waals surface area (Å²) in [5.41, 5.74) is 2.26. The van der Waals surface area contributed by atoms with Gasteiger partial charge < -0.3 is 9.88 Å². The van der Waals surface area contributed by atoms with Crippen LogP contribution < -0.4 is 5.32 Å². The van der Waals surface area contributed by atoms with Crippen LogP contribution in [0.25, 0.3) is 0 Å². The monoisotopic (exact) mass is 235 g/mol. The van der Waals surface area contributed by atoms with E-state index in [0.717, 1.165) is 18.8 Å². The second kappa shape index (κ2) is 5.14. The first kappa shape index (κ1) is 11.2. The van der Waals surface area contributed by atoms with Crippen LogP contribution >= 0.6 is 11.6 Å². The first-order valence-corrected chi connectivity index (χ1v) is 5.55. The number of nitrogens with zero attached hydrogens (tertiary/aromatic N) is 2. The van der Waals surface area contributed by atoms with Gasteiger partial charge in [-0.1, -0.05) is 11.6 Å². The van der Waals surface area contributed by atoms with Gasteiger partial charge in [-0.25, -0.2) is 0 Å². The lowest BCUT2D eigenvalue weighted by atomic mass is 10.3. The highest BCUT2D eigenvalue weighted by Crippen LogP contribution is 2.06. The van der Waals surface area contributed by atoms with Gasteiger partial charge in [0.15, 0.2) is 0 Å². The van der Waals surface area contributed by atoms with Crippen LogP contribution in [0.4, 0.5) is 0 Å². The van der Waals surface area contributed by atoms with Crippen LogP contribution in [-0.2, 0) is 20.1 Å². The van der Waals surface area contributed by atoms with Crippen LogP contribution in [0.3, 0.4) is 0 Å². The smallest absolute Gasteiger partial charge is 0.0589 e. The van der Waals surface area contributed by atoms with Gasteiger partial charge >= 0.3 is 0 Å². The number of aromatic nitrogens is 2. The van der Waals surface area contributed by atoms with Crippen molar-refractivity contribution in [1.29, 1.82) is 0 Å². The molecular formula is C12H14ClN3. The molecule has 3 nitrogen and oxygen atoms in total. The van der Waals surface area contributed by atoms with E-state index in [2.05, 4.69) is 20.9 Å². The molecule has 2 aromatic rings. The highest BCUT2D eigenvalue weighted by atomic mass is 35.5. The summed E-state index contributed by atoms with van der Waals surface area (Å²) in [5, 5.41) is 4.01. The van der Waals surface area contributed by atoms with Crippen molar-refractivity contribution in [2.75, 3.05) is 0 Å². The Bertz CT molecular complexity index is 448. The summed E-state index contributed by atoms with van der Waals surface area (Å²) < 4.78 is 2.10. The Labute approximate surface area is 100 Å². The van der Waals surface area contributed by atoms with Gasteiger partial charge in [-0.2, -0.15) is 0 Å². The van der Waals surface area contributed by atoms with Crippen LogP contribution in [-0.4, -0.2) is 9.55 Å². The Morgan fingerprint density at radius 2 is 2.19 bits per heavy atom. The topological polar surface area (TPSA) is 29.9 Å². The Balaban J connectivity index is 1.84. The highest BCUT2D eigenvalue weighted by molar-refractivity contribution is 6.30. The van der Waals surface area contributed by atoms with Crippen LogP contribution in [0.15, 0.2) is 36.7 Å². The van der Waals surface area contributed by atoms with Crippen LogP contribution in [0.1, 0.15) is 11.4 Å². The number of aryl methyl sites for hydroxylation is 1. The quantitative estimate of drug-likeness (QED) is 0.882. The van der Waals surface area contributed by atoms with E-state index >= 15 is 0 Å². The van der Waals surface area contributed by atoms with E-state index < -0.39 is 0 Å². The lowest BCUT2D eigenvalue weighted by Crippen LogP contribution is -2.15. The zero-order valence-corrected chi connectivity index (χ0v) is 9.91. The molecule has 0 spiro atoms. The van der Waals surface area contributed by atoms with E-state index in [4.69, 9.17) is 11.6 Å². The number of rotatable bonds is 4. The third kappa shape index (κ3) is 2.84. The molecular weight excluding hydrogens is 222 g/mol. The van der Waals surface area contributed by atoms with E-state index in [1.165, 1.54) is 5.69 Å². The molecule has 84 valence electrons. The van der Waals surface area contributed by atoms with E-state index in [9.17, 15) is 0 Å². The number of nitrogens with one attached hydrogen (secondary N) is 1. The molecule has 0 aromatic carbocycles. The van der Waals surface area contributed by atoms with Crippen molar-refractivity contribution in [3.63, 3.8) is 0 Å². The van der Waals surface area contributed by atoms with Crippen molar-refractivity contribution in [3.8, 4) is 0 Å². The maximum Gasteiger partial charge on any atom is 0.0589 e. The molecule has 0 aliphatic heterocycles. The zero-order valence-electron chi connectivity index (χ0n) is 9.15. The Kier molecular flexibility index (Phi) is 3.59. The fourth-order valence-electron chi connectivity index (χ4n) is 1.51. The van der Waals surface area contributed by atoms with Crippen LogP contribution in [0.2, 0.25) is 5.02 Å². The molecule has 0 bridgehead atoms. The summed E-state index contributed by atoms with van der Waals surface area (Å²) in [6.07, 6.45) is 3.71. The van der Waals surface area contributed by atoms with Gasteiger partial charge in [0.2, 0.25) is 0 Å². The molecule has 0 saturated carbocycles. The minimum Gasteiger partial charge on any atom is -0.353 e. The molecule has 2 rings (SSSR count). The van der Waals surface area contributed by atoms with Gasteiger partial charge in [0.05, 0.1) is 10.7 Å².